The van der Waals surface area contributed by atoms with Gasteiger partial charge < -0.3 is 30.3 Å². The third-order valence-electron chi connectivity index (χ3n) is 5.61. The van der Waals surface area contributed by atoms with E-state index in [2.05, 4.69) is 22.9 Å². The van der Waals surface area contributed by atoms with E-state index >= 15 is 0 Å². The van der Waals surface area contributed by atoms with E-state index in [1.54, 1.807) is 61.5 Å². The van der Waals surface area contributed by atoms with Crippen molar-refractivity contribution in [2.45, 2.75) is 26.0 Å². The van der Waals surface area contributed by atoms with Gasteiger partial charge in [0.2, 0.25) is 0 Å². The van der Waals surface area contributed by atoms with Crippen LogP contribution in [0, 0.1) is 5.92 Å². The molecule has 3 rings (SSSR count). The monoisotopic (exact) mass is 474 g/mol. The Morgan fingerprint density at radius 2 is 1.97 bits per heavy atom. The predicted octanol–water partition coefficient (Wildman–Crippen LogP) is 4.08. The Labute approximate surface area is 199 Å². The van der Waals surface area contributed by atoms with Crippen LogP contribution in [0.5, 0.6) is 5.75 Å². The maximum Gasteiger partial charge on any atom is 0.323 e. The van der Waals surface area contributed by atoms with Gasteiger partial charge in [0.25, 0.3) is 5.91 Å². The van der Waals surface area contributed by atoms with Crippen LogP contribution in [-0.4, -0.2) is 62.8 Å². The Kier molecular flexibility index (Phi) is 8.55. The molecule has 3 amide bonds. The van der Waals surface area contributed by atoms with E-state index in [0.29, 0.717) is 40.9 Å². The number of hydrogen-bond acceptors (Lipinski definition) is 5. The minimum atomic E-state index is -0.452. The number of methoxy groups -OCH3 is 1. The molecule has 9 heteroatoms. The average Bonchev–Trinajstić information content (AvgIpc) is 2.80. The second-order valence-electron chi connectivity index (χ2n) is 8.33. The summed E-state index contributed by atoms with van der Waals surface area (Å²) in [5, 5.41) is 9.36. The topological polar surface area (TPSA) is 91.9 Å². The van der Waals surface area contributed by atoms with Crippen molar-refractivity contribution >= 4 is 34.9 Å². The first kappa shape index (κ1) is 24.8. The van der Waals surface area contributed by atoms with E-state index in [9.17, 15) is 9.59 Å². The summed E-state index contributed by atoms with van der Waals surface area (Å²) in [6.07, 6.45) is -0.100. The molecular formula is C24H31ClN4O4. The van der Waals surface area contributed by atoms with Crippen molar-refractivity contribution < 1.29 is 19.1 Å². The summed E-state index contributed by atoms with van der Waals surface area (Å²) in [5.74, 6) is 0.445. The Hall–Kier alpha value is -2.81. The van der Waals surface area contributed by atoms with Crippen LogP contribution in [0.4, 0.5) is 16.2 Å². The number of benzene rings is 2. The normalized spacial score (nSPS) is 21.8. The lowest BCUT2D eigenvalue weighted by atomic mass is 10.0. The molecule has 33 heavy (non-hydrogen) atoms. The first-order valence-electron chi connectivity index (χ1n) is 10.9. The molecule has 1 heterocycles. The molecule has 0 aliphatic carbocycles. The highest BCUT2D eigenvalue weighted by molar-refractivity contribution is 6.33. The Balaban J connectivity index is 1.81. The van der Waals surface area contributed by atoms with E-state index in [-0.39, 0.29) is 24.0 Å². The molecule has 0 aromatic heterocycles. The molecule has 2 aromatic rings. The molecule has 0 unspecified atom stereocenters. The summed E-state index contributed by atoms with van der Waals surface area (Å²) in [6.45, 7) is 5.67. The quantitative estimate of drug-likeness (QED) is 0.623. The fourth-order valence-electron chi connectivity index (χ4n) is 3.58. The highest BCUT2D eigenvalue weighted by Crippen LogP contribution is 2.27. The molecular weight excluding hydrogens is 444 g/mol. The summed E-state index contributed by atoms with van der Waals surface area (Å²) in [7, 11) is 3.41. The molecule has 1 aliphatic heterocycles. The van der Waals surface area contributed by atoms with Crippen LogP contribution >= 0.6 is 11.6 Å². The lowest BCUT2D eigenvalue weighted by Crippen LogP contribution is -2.44. The Morgan fingerprint density at radius 1 is 1.21 bits per heavy atom. The van der Waals surface area contributed by atoms with E-state index in [0.717, 1.165) is 6.54 Å². The highest BCUT2D eigenvalue weighted by atomic mass is 35.5. The third kappa shape index (κ3) is 6.60. The van der Waals surface area contributed by atoms with Gasteiger partial charge in [0.15, 0.2) is 0 Å². The number of halogens is 1. The minimum absolute atomic E-state index is 0.0604. The summed E-state index contributed by atoms with van der Waals surface area (Å²) in [5.41, 5.74) is 1.41. The van der Waals surface area contributed by atoms with Crippen molar-refractivity contribution in [3.63, 3.8) is 0 Å². The molecule has 178 valence electrons. The maximum atomic E-state index is 13.2. The number of fused-ring (bicyclic) bond motifs is 1. The number of anilines is 2. The van der Waals surface area contributed by atoms with Crippen LogP contribution in [0.1, 0.15) is 24.2 Å². The van der Waals surface area contributed by atoms with Crippen LogP contribution in [-0.2, 0) is 4.74 Å². The first-order chi connectivity index (χ1) is 15.8. The molecule has 0 bridgehead atoms. The number of nitrogens with zero attached hydrogens (tertiary/aromatic N) is 1. The predicted molar refractivity (Wildman–Crippen MR) is 130 cm³/mol. The Bertz CT molecular complexity index is 987. The molecule has 0 saturated carbocycles. The molecule has 0 saturated heterocycles. The van der Waals surface area contributed by atoms with Crippen molar-refractivity contribution in [2.75, 3.05) is 44.5 Å². The number of amides is 3. The number of nitrogens with one attached hydrogen (secondary N) is 3. The van der Waals surface area contributed by atoms with E-state index in [1.165, 1.54) is 0 Å². The van der Waals surface area contributed by atoms with Crippen molar-refractivity contribution in [1.29, 1.82) is 0 Å². The number of urea groups is 1. The van der Waals surface area contributed by atoms with Gasteiger partial charge in [-0.25, -0.2) is 4.79 Å². The maximum absolute atomic E-state index is 13.2. The number of carbonyl (C=O) groups excluding carboxylic acids is 2. The van der Waals surface area contributed by atoms with E-state index in [1.807, 2.05) is 6.92 Å². The fourth-order valence-corrected chi connectivity index (χ4v) is 3.76. The lowest BCUT2D eigenvalue weighted by Gasteiger charge is -2.30. The van der Waals surface area contributed by atoms with Gasteiger partial charge in [-0.1, -0.05) is 30.7 Å². The molecule has 0 radical (unpaired) electrons. The molecule has 0 spiro atoms. The largest absolute Gasteiger partial charge is 0.491 e. The minimum Gasteiger partial charge on any atom is -0.491 e. The third-order valence-corrected chi connectivity index (χ3v) is 5.94. The van der Waals surface area contributed by atoms with Gasteiger partial charge in [0.05, 0.1) is 22.4 Å². The number of hydrogen-bond donors (Lipinski definition) is 3. The summed E-state index contributed by atoms with van der Waals surface area (Å²) in [4.78, 5) is 27.3. The van der Waals surface area contributed by atoms with Crippen LogP contribution < -0.4 is 20.7 Å². The summed E-state index contributed by atoms with van der Waals surface area (Å²) < 4.78 is 11.6. The second-order valence-corrected chi connectivity index (χ2v) is 8.73. The molecule has 8 nitrogen and oxygen atoms in total. The van der Waals surface area contributed by atoms with E-state index in [4.69, 9.17) is 21.1 Å². The number of para-hydroxylation sites is 1. The van der Waals surface area contributed by atoms with Gasteiger partial charge in [-0.3, -0.25) is 4.79 Å². The summed E-state index contributed by atoms with van der Waals surface area (Å²) >= 11 is 6.11. The second kappa shape index (κ2) is 11.4. The van der Waals surface area contributed by atoms with Crippen LogP contribution in [0.15, 0.2) is 42.5 Å². The van der Waals surface area contributed by atoms with Crippen molar-refractivity contribution in [2.24, 2.45) is 5.92 Å². The van der Waals surface area contributed by atoms with Crippen LogP contribution in [0.3, 0.4) is 0 Å². The standard InChI is InChI=1S/C24H31ClN4O4/c1-15-12-26-16(2)14-33-21-11-17(27-24(31)28-20-8-6-5-7-19(20)25)9-10-18(21)23(30)29(3)13-22(15)32-4/h5-11,15-16,22,26H,12-14H2,1-4H3,(H2,27,28,31)/t15-,16-,22-/m0/s1. The van der Waals surface area contributed by atoms with Gasteiger partial charge in [-0.2, -0.15) is 0 Å². The van der Waals surface area contributed by atoms with Crippen LogP contribution in [0.25, 0.3) is 0 Å². The Morgan fingerprint density at radius 3 is 2.70 bits per heavy atom. The van der Waals surface area contributed by atoms with Gasteiger partial charge in [-0.15, -0.1) is 0 Å². The van der Waals surface area contributed by atoms with E-state index < -0.39 is 6.03 Å². The zero-order valence-corrected chi connectivity index (χ0v) is 20.1. The fraction of sp³-hybridized carbons (Fsp3) is 0.417. The number of rotatable bonds is 3. The van der Waals surface area contributed by atoms with Crippen molar-refractivity contribution in [3.8, 4) is 5.75 Å². The van der Waals surface area contributed by atoms with Gasteiger partial charge in [-0.05, 0) is 37.1 Å². The molecule has 0 fully saturated rings. The average molecular weight is 475 g/mol. The van der Waals surface area contributed by atoms with Crippen LogP contribution in [0.2, 0.25) is 5.02 Å². The first-order valence-corrected chi connectivity index (χ1v) is 11.3. The smallest absolute Gasteiger partial charge is 0.323 e. The number of ether oxygens (including phenoxy) is 2. The van der Waals surface area contributed by atoms with Gasteiger partial charge in [0.1, 0.15) is 12.4 Å². The highest BCUT2D eigenvalue weighted by Gasteiger charge is 2.25. The molecule has 1 aliphatic rings. The van der Waals surface area contributed by atoms with Gasteiger partial charge >= 0.3 is 6.03 Å². The SMILES string of the molecule is CO[C@H]1CN(C)C(=O)c2ccc(NC(=O)Nc3ccccc3Cl)cc2OC[C@H](C)NC[C@@H]1C. The van der Waals surface area contributed by atoms with Crippen molar-refractivity contribution in [3.05, 3.63) is 53.1 Å². The number of likely N-dealkylation sites (N-methyl/N-ethyl adjacent to an activating group) is 1. The zero-order chi connectivity index (χ0) is 24.0. The molecule has 3 atom stereocenters. The van der Waals surface area contributed by atoms with Gasteiger partial charge in [0, 0.05) is 45.0 Å². The lowest BCUT2D eigenvalue weighted by molar-refractivity contribution is 0.0281. The number of carbonyl (C=O) groups is 2. The molecule has 2 aromatic carbocycles. The van der Waals surface area contributed by atoms with Crippen molar-refractivity contribution in [1.82, 2.24) is 10.2 Å². The molecule has 3 N–H and O–H groups in total. The summed E-state index contributed by atoms with van der Waals surface area (Å²) in [6, 6.07) is 11.6. The zero-order valence-electron chi connectivity index (χ0n) is 19.4.